The number of aromatic nitrogens is 4. The first-order valence-corrected chi connectivity index (χ1v) is 8.78. The van der Waals surface area contributed by atoms with Gasteiger partial charge in [-0.3, -0.25) is 5.10 Å². The lowest BCUT2D eigenvalue weighted by Gasteiger charge is -2.35. The van der Waals surface area contributed by atoms with Gasteiger partial charge in [-0.25, -0.2) is 18.7 Å². The Morgan fingerprint density at radius 1 is 1.07 bits per heavy atom. The highest BCUT2D eigenvalue weighted by Gasteiger charge is 2.45. The van der Waals surface area contributed by atoms with E-state index in [0.717, 1.165) is 16.5 Å². The van der Waals surface area contributed by atoms with Crippen LogP contribution >= 0.6 is 0 Å². The number of fused-ring (bicyclic) bond motifs is 2. The highest BCUT2D eigenvalue weighted by molar-refractivity contribution is 5.95. The van der Waals surface area contributed by atoms with Crippen LogP contribution in [0.15, 0.2) is 42.6 Å². The molecule has 6 nitrogen and oxygen atoms in total. The van der Waals surface area contributed by atoms with Gasteiger partial charge in [-0.15, -0.1) is 0 Å². The third-order valence-corrected chi connectivity index (χ3v) is 4.83. The number of halogens is 3. The molecular formula is C19H15F3N6. The number of hydrogen-bond donors (Lipinski definition) is 3. The van der Waals surface area contributed by atoms with Crippen LogP contribution in [0.3, 0.4) is 0 Å². The smallest absolute Gasteiger partial charge is 0.252 e. The van der Waals surface area contributed by atoms with Crippen molar-refractivity contribution >= 4 is 39.1 Å². The van der Waals surface area contributed by atoms with E-state index in [1.165, 1.54) is 6.07 Å². The molecule has 0 radical (unpaired) electrons. The van der Waals surface area contributed by atoms with E-state index < -0.39 is 11.9 Å². The highest BCUT2D eigenvalue weighted by Crippen LogP contribution is 2.39. The van der Waals surface area contributed by atoms with E-state index in [4.69, 9.17) is 0 Å². The molecule has 28 heavy (non-hydrogen) atoms. The van der Waals surface area contributed by atoms with E-state index in [-0.39, 0.29) is 18.9 Å². The fraction of sp³-hybridized carbons (Fsp3) is 0.211. The number of nitrogens with one attached hydrogen (secondary N) is 3. The first-order chi connectivity index (χ1) is 13.5. The van der Waals surface area contributed by atoms with Crippen LogP contribution in [-0.4, -0.2) is 32.1 Å². The van der Waals surface area contributed by atoms with Crippen LogP contribution in [0.5, 0.6) is 0 Å². The van der Waals surface area contributed by atoms with E-state index in [9.17, 15) is 13.2 Å². The summed E-state index contributed by atoms with van der Waals surface area (Å²) in [4.78, 5) is 8.15. The fourth-order valence-corrected chi connectivity index (χ4v) is 3.43. The van der Waals surface area contributed by atoms with Crippen LogP contribution in [0.1, 0.15) is 12.8 Å². The Labute approximate surface area is 157 Å². The molecule has 1 aliphatic carbocycles. The second kappa shape index (κ2) is 6.08. The molecule has 0 atom stereocenters. The number of alkyl halides is 2. The molecule has 3 N–H and O–H groups in total. The van der Waals surface area contributed by atoms with Crippen molar-refractivity contribution in [2.45, 2.75) is 24.8 Å². The topological polar surface area (TPSA) is 78.5 Å². The summed E-state index contributed by atoms with van der Waals surface area (Å²) in [6.07, 6.45) is 1.27. The molecule has 0 bridgehead atoms. The number of anilines is 3. The van der Waals surface area contributed by atoms with Gasteiger partial charge in [0.1, 0.15) is 11.3 Å². The van der Waals surface area contributed by atoms with Crippen LogP contribution in [0.4, 0.5) is 30.5 Å². The zero-order valence-corrected chi connectivity index (χ0v) is 14.5. The van der Waals surface area contributed by atoms with Gasteiger partial charge in [-0.05, 0) is 41.8 Å². The minimum atomic E-state index is -2.58. The summed E-state index contributed by atoms with van der Waals surface area (Å²) in [5.74, 6) is -2.17. The Bertz CT molecular complexity index is 1180. The average Bonchev–Trinajstić information content (AvgIpc) is 3.02. The minimum Gasteiger partial charge on any atom is -0.366 e. The predicted octanol–water partition coefficient (Wildman–Crippen LogP) is 4.60. The molecule has 9 heteroatoms. The molecule has 3 aromatic heterocycles. The van der Waals surface area contributed by atoms with Crippen molar-refractivity contribution in [2.75, 3.05) is 10.6 Å². The molecule has 0 spiro atoms. The number of H-pyrrole nitrogens is 1. The van der Waals surface area contributed by atoms with Crippen LogP contribution in [0.2, 0.25) is 0 Å². The Morgan fingerprint density at radius 2 is 1.93 bits per heavy atom. The summed E-state index contributed by atoms with van der Waals surface area (Å²) in [5.41, 5.74) is 1.76. The Balaban J connectivity index is 1.43. The minimum absolute atomic E-state index is 0.180. The van der Waals surface area contributed by atoms with Crippen LogP contribution in [0, 0.1) is 5.95 Å². The Hall–Kier alpha value is -3.36. The maximum Gasteiger partial charge on any atom is 0.252 e. The molecule has 5 rings (SSSR count). The van der Waals surface area contributed by atoms with E-state index in [2.05, 4.69) is 30.8 Å². The number of benzene rings is 1. The first kappa shape index (κ1) is 16.8. The first-order valence-electron chi connectivity index (χ1n) is 8.78. The van der Waals surface area contributed by atoms with Crippen molar-refractivity contribution in [1.82, 2.24) is 20.2 Å². The van der Waals surface area contributed by atoms with E-state index >= 15 is 0 Å². The summed E-state index contributed by atoms with van der Waals surface area (Å²) in [7, 11) is 0. The Kier molecular flexibility index (Phi) is 3.65. The van der Waals surface area contributed by atoms with E-state index in [1.807, 2.05) is 24.3 Å². The lowest BCUT2D eigenvalue weighted by Crippen LogP contribution is -2.44. The predicted molar refractivity (Wildman–Crippen MR) is 100 cm³/mol. The lowest BCUT2D eigenvalue weighted by molar-refractivity contribution is -0.0793. The lowest BCUT2D eigenvalue weighted by atomic mass is 9.88. The van der Waals surface area contributed by atoms with Crippen LogP contribution < -0.4 is 10.6 Å². The number of rotatable bonds is 4. The molecule has 1 aliphatic rings. The van der Waals surface area contributed by atoms with Gasteiger partial charge in [0.25, 0.3) is 5.92 Å². The summed E-state index contributed by atoms with van der Waals surface area (Å²) in [5, 5.41) is 14.9. The van der Waals surface area contributed by atoms with Crippen LogP contribution in [0.25, 0.3) is 21.8 Å². The summed E-state index contributed by atoms with van der Waals surface area (Å²) in [6, 6.07) is 9.96. The van der Waals surface area contributed by atoms with Gasteiger partial charge in [0.2, 0.25) is 5.95 Å². The fourth-order valence-electron chi connectivity index (χ4n) is 3.43. The van der Waals surface area contributed by atoms with Gasteiger partial charge in [0.15, 0.2) is 5.82 Å². The molecule has 1 saturated carbocycles. The van der Waals surface area contributed by atoms with E-state index in [1.54, 1.807) is 12.3 Å². The van der Waals surface area contributed by atoms with Crippen molar-refractivity contribution in [3.05, 3.63) is 48.5 Å². The quantitative estimate of drug-likeness (QED) is 0.448. The molecule has 1 aromatic carbocycles. The van der Waals surface area contributed by atoms with Crippen molar-refractivity contribution in [2.24, 2.45) is 0 Å². The maximum atomic E-state index is 13.4. The molecule has 3 heterocycles. The third kappa shape index (κ3) is 2.98. The largest absolute Gasteiger partial charge is 0.366 e. The molecule has 0 aliphatic heterocycles. The SMILES string of the molecule is Fc1ccc2[nH]nc(Nc3ccc4c(NC5CC(F)(F)C5)nccc4c3)c2n1. The van der Waals surface area contributed by atoms with Crippen molar-refractivity contribution in [3.63, 3.8) is 0 Å². The number of pyridine rings is 2. The van der Waals surface area contributed by atoms with Crippen molar-refractivity contribution < 1.29 is 13.2 Å². The molecule has 0 unspecified atom stereocenters. The molecule has 0 amide bonds. The van der Waals surface area contributed by atoms with Gasteiger partial charge in [-0.2, -0.15) is 9.49 Å². The normalized spacial score (nSPS) is 16.2. The van der Waals surface area contributed by atoms with Crippen molar-refractivity contribution in [1.29, 1.82) is 0 Å². The molecule has 4 aromatic rings. The summed E-state index contributed by atoms with van der Waals surface area (Å²) in [6.45, 7) is 0. The second-order valence-corrected chi connectivity index (χ2v) is 6.93. The summed E-state index contributed by atoms with van der Waals surface area (Å²) >= 11 is 0. The van der Waals surface area contributed by atoms with Crippen LogP contribution in [-0.2, 0) is 0 Å². The van der Waals surface area contributed by atoms with Gasteiger partial charge in [0, 0.05) is 36.2 Å². The molecule has 0 saturated heterocycles. The second-order valence-electron chi connectivity index (χ2n) is 6.93. The zero-order chi connectivity index (χ0) is 19.3. The molecular weight excluding hydrogens is 369 g/mol. The number of nitrogens with zero attached hydrogens (tertiary/aromatic N) is 3. The van der Waals surface area contributed by atoms with Gasteiger partial charge in [-0.1, -0.05) is 0 Å². The third-order valence-electron chi connectivity index (χ3n) is 4.83. The molecule has 1 fully saturated rings. The van der Waals surface area contributed by atoms with E-state index in [0.29, 0.717) is 22.7 Å². The monoisotopic (exact) mass is 384 g/mol. The van der Waals surface area contributed by atoms with Crippen molar-refractivity contribution in [3.8, 4) is 0 Å². The van der Waals surface area contributed by atoms with Gasteiger partial charge in [0.05, 0.1) is 5.52 Å². The highest BCUT2D eigenvalue weighted by atomic mass is 19.3. The summed E-state index contributed by atoms with van der Waals surface area (Å²) < 4.78 is 39.6. The van der Waals surface area contributed by atoms with Gasteiger partial charge < -0.3 is 10.6 Å². The zero-order valence-electron chi connectivity index (χ0n) is 14.5. The number of aromatic amines is 1. The Morgan fingerprint density at radius 3 is 2.75 bits per heavy atom. The van der Waals surface area contributed by atoms with Gasteiger partial charge >= 0.3 is 0 Å². The molecule has 142 valence electrons. The number of hydrogen-bond acceptors (Lipinski definition) is 5. The average molecular weight is 384 g/mol. The maximum absolute atomic E-state index is 13.4. The standard InChI is InChI=1S/C19H15F3N6/c20-15-4-3-14-16(26-15)18(28-27-14)24-11-1-2-13-10(7-11)5-6-23-17(13)25-12-8-19(21,22)9-12/h1-7,12H,8-9H2,(H,23,25)(H2,24,27,28).